The molecule has 5 heteroatoms. The number of ether oxygens (including phenoxy) is 1. The van der Waals surface area contributed by atoms with Gasteiger partial charge in [-0.15, -0.1) is 0 Å². The van der Waals surface area contributed by atoms with Crippen LogP contribution in [0, 0.1) is 23.7 Å². The number of benzene rings is 3. The maximum Gasteiger partial charge on any atom is 0.254 e. The molecule has 2 bridgehead atoms. The number of carbonyl (C=O) groups excluding carboxylic acids is 2. The van der Waals surface area contributed by atoms with Gasteiger partial charge in [-0.05, 0) is 46.7 Å². The lowest BCUT2D eigenvalue weighted by Crippen LogP contribution is -2.28. The van der Waals surface area contributed by atoms with Crippen LogP contribution < -0.4 is 4.74 Å². The molecule has 1 heterocycles. The zero-order valence-corrected chi connectivity index (χ0v) is 17.4. The molecule has 4 atom stereocenters. The molecule has 0 radical (unpaired) electrons. The average molecular weight is 422 g/mol. The number of rotatable bonds is 5. The highest BCUT2D eigenvalue weighted by molar-refractivity contribution is 6.06. The zero-order valence-electron chi connectivity index (χ0n) is 17.4. The number of imide groups is 1. The second-order valence-electron chi connectivity index (χ2n) is 8.70. The third kappa shape index (κ3) is 2.96. The third-order valence-electron chi connectivity index (χ3n) is 6.94. The minimum absolute atomic E-state index is 0.178. The SMILES string of the molecule is O=C1[C@@H]2[C@H](C(=O)N1/N=C\c1ccccc1OCc1cccc3ccccc13)[C@@H]1C=C[C@H]2C1. The molecule has 0 unspecified atom stereocenters. The Hall–Kier alpha value is -3.73. The number of carbonyl (C=O) groups is 2. The van der Waals surface area contributed by atoms with Crippen LogP contribution in [0.2, 0.25) is 0 Å². The van der Waals surface area contributed by atoms with E-state index in [1.54, 1.807) is 6.21 Å². The van der Waals surface area contributed by atoms with E-state index in [0.717, 1.165) is 27.9 Å². The van der Waals surface area contributed by atoms with E-state index in [2.05, 4.69) is 41.5 Å². The second-order valence-corrected chi connectivity index (χ2v) is 8.70. The molecular weight excluding hydrogens is 400 g/mol. The number of para-hydroxylation sites is 1. The Morgan fingerprint density at radius 3 is 2.38 bits per heavy atom. The van der Waals surface area contributed by atoms with Gasteiger partial charge in [-0.1, -0.05) is 66.7 Å². The molecular formula is C27H22N2O3. The first kappa shape index (κ1) is 19.0. The molecule has 0 aromatic heterocycles. The van der Waals surface area contributed by atoms with E-state index >= 15 is 0 Å². The maximum absolute atomic E-state index is 12.9. The van der Waals surface area contributed by atoms with Crippen molar-refractivity contribution in [3.05, 3.63) is 90.0 Å². The molecule has 6 rings (SSSR count). The van der Waals surface area contributed by atoms with Crippen molar-refractivity contribution in [2.24, 2.45) is 28.8 Å². The van der Waals surface area contributed by atoms with Gasteiger partial charge in [0.05, 0.1) is 18.1 Å². The van der Waals surface area contributed by atoms with Crippen molar-refractivity contribution in [3.8, 4) is 5.75 Å². The lowest BCUT2D eigenvalue weighted by Gasteiger charge is -2.13. The summed E-state index contributed by atoms with van der Waals surface area (Å²) in [6.45, 7) is 0.410. The Kier molecular flexibility index (Phi) is 4.42. The average Bonchev–Trinajstić information content (AvgIpc) is 3.51. The van der Waals surface area contributed by atoms with Crippen LogP contribution in [0.1, 0.15) is 17.5 Å². The fourth-order valence-electron chi connectivity index (χ4n) is 5.41. The molecule has 32 heavy (non-hydrogen) atoms. The summed E-state index contributed by atoms with van der Waals surface area (Å²) in [5.74, 6) is 0.172. The highest BCUT2D eigenvalue weighted by Crippen LogP contribution is 2.52. The van der Waals surface area contributed by atoms with Crippen LogP contribution in [0.15, 0.2) is 84.0 Å². The fraction of sp³-hybridized carbons (Fsp3) is 0.222. The molecule has 1 saturated carbocycles. The van der Waals surface area contributed by atoms with Gasteiger partial charge < -0.3 is 4.74 Å². The van der Waals surface area contributed by atoms with Crippen LogP contribution in [0.5, 0.6) is 5.75 Å². The highest BCUT2D eigenvalue weighted by Gasteiger charge is 2.59. The Labute approximate surface area is 186 Å². The van der Waals surface area contributed by atoms with Crippen molar-refractivity contribution >= 4 is 28.8 Å². The van der Waals surface area contributed by atoms with Gasteiger partial charge in [0.2, 0.25) is 0 Å². The third-order valence-corrected chi connectivity index (χ3v) is 6.94. The first-order valence-corrected chi connectivity index (χ1v) is 11.0. The summed E-state index contributed by atoms with van der Waals surface area (Å²) in [6.07, 6.45) is 6.64. The number of hydrogen-bond acceptors (Lipinski definition) is 4. The molecule has 5 nitrogen and oxygen atoms in total. The number of hydrogen-bond donors (Lipinski definition) is 0. The molecule has 3 aliphatic rings. The second kappa shape index (κ2) is 7.45. The molecule has 1 saturated heterocycles. The predicted octanol–water partition coefficient (Wildman–Crippen LogP) is 4.56. The lowest BCUT2D eigenvalue weighted by molar-refractivity contribution is -0.140. The summed E-state index contributed by atoms with van der Waals surface area (Å²) >= 11 is 0. The molecule has 2 fully saturated rings. The van der Waals surface area contributed by atoms with Gasteiger partial charge in [-0.3, -0.25) is 9.59 Å². The van der Waals surface area contributed by atoms with Gasteiger partial charge >= 0.3 is 0 Å². The summed E-state index contributed by atoms with van der Waals surface area (Å²) in [4.78, 5) is 25.7. The van der Waals surface area contributed by atoms with Gasteiger partial charge in [-0.2, -0.15) is 10.1 Å². The first-order valence-electron chi connectivity index (χ1n) is 11.0. The van der Waals surface area contributed by atoms with Gasteiger partial charge in [0, 0.05) is 5.56 Å². The minimum atomic E-state index is -0.243. The van der Waals surface area contributed by atoms with Crippen molar-refractivity contribution < 1.29 is 14.3 Å². The summed E-state index contributed by atoms with van der Waals surface area (Å²) in [7, 11) is 0. The Bertz CT molecular complexity index is 1260. The normalized spacial score (nSPS) is 25.9. The van der Waals surface area contributed by atoms with Crippen LogP contribution in [-0.4, -0.2) is 23.0 Å². The van der Waals surface area contributed by atoms with E-state index in [9.17, 15) is 9.59 Å². The standard InChI is InChI=1S/C27H22N2O3/c30-26-24-18-12-13-19(14-18)25(24)27(31)29(26)28-15-20-7-2-4-11-23(20)32-16-21-9-5-8-17-6-1-3-10-22(17)21/h1-13,15,18-19,24-25H,14,16H2/b28-15-/t18-,19+,24-,25+. The minimum Gasteiger partial charge on any atom is -0.488 e. The number of fused-ring (bicyclic) bond motifs is 6. The Morgan fingerprint density at radius 2 is 1.56 bits per heavy atom. The van der Waals surface area contributed by atoms with Crippen LogP contribution in [0.25, 0.3) is 10.8 Å². The van der Waals surface area contributed by atoms with Crippen molar-refractivity contribution in [1.29, 1.82) is 0 Å². The van der Waals surface area contributed by atoms with E-state index < -0.39 is 0 Å². The Morgan fingerprint density at radius 1 is 0.875 bits per heavy atom. The summed E-state index contributed by atoms with van der Waals surface area (Å²) < 4.78 is 6.13. The van der Waals surface area contributed by atoms with Gasteiger partial charge in [0.15, 0.2) is 0 Å². The highest BCUT2D eigenvalue weighted by atomic mass is 16.5. The number of amides is 2. The number of nitrogens with zero attached hydrogens (tertiary/aromatic N) is 2. The largest absolute Gasteiger partial charge is 0.488 e. The number of allylic oxidation sites excluding steroid dienone is 2. The van der Waals surface area contributed by atoms with Gasteiger partial charge in [0.25, 0.3) is 11.8 Å². The smallest absolute Gasteiger partial charge is 0.254 e. The molecule has 0 spiro atoms. The fourth-order valence-corrected chi connectivity index (χ4v) is 5.41. The predicted molar refractivity (Wildman–Crippen MR) is 122 cm³/mol. The van der Waals surface area contributed by atoms with Crippen molar-refractivity contribution in [3.63, 3.8) is 0 Å². The monoisotopic (exact) mass is 422 g/mol. The van der Waals surface area contributed by atoms with Crippen molar-refractivity contribution in [1.82, 2.24) is 5.01 Å². The summed E-state index contributed by atoms with van der Waals surface area (Å²) in [5.41, 5.74) is 1.82. The molecule has 2 amide bonds. The Balaban J connectivity index is 1.22. The zero-order chi connectivity index (χ0) is 21.7. The van der Waals surface area contributed by atoms with Gasteiger partial charge in [0.1, 0.15) is 12.4 Å². The maximum atomic E-state index is 12.9. The van der Waals surface area contributed by atoms with Crippen LogP contribution in [0.3, 0.4) is 0 Å². The van der Waals surface area contributed by atoms with E-state index in [1.165, 1.54) is 5.39 Å². The van der Waals surface area contributed by atoms with E-state index in [4.69, 9.17) is 4.74 Å². The van der Waals surface area contributed by atoms with Crippen LogP contribution in [0.4, 0.5) is 0 Å². The van der Waals surface area contributed by atoms with Crippen LogP contribution >= 0.6 is 0 Å². The molecule has 2 aliphatic carbocycles. The van der Waals surface area contributed by atoms with Crippen molar-refractivity contribution in [2.75, 3.05) is 0 Å². The van der Waals surface area contributed by atoms with E-state index in [-0.39, 0.29) is 35.5 Å². The molecule has 0 N–H and O–H groups in total. The van der Waals surface area contributed by atoms with Crippen molar-refractivity contribution in [2.45, 2.75) is 13.0 Å². The first-order chi connectivity index (χ1) is 15.7. The molecule has 3 aromatic carbocycles. The summed E-state index contributed by atoms with van der Waals surface area (Å²) in [5, 5.41) is 7.70. The molecule has 1 aliphatic heterocycles. The topological polar surface area (TPSA) is 59.0 Å². The quantitative estimate of drug-likeness (QED) is 0.344. The molecule has 3 aromatic rings. The van der Waals surface area contributed by atoms with Gasteiger partial charge in [-0.25, -0.2) is 0 Å². The molecule has 158 valence electrons. The number of hydrazone groups is 1. The van der Waals surface area contributed by atoms with E-state index in [0.29, 0.717) is 12.4 Å². The van der Waals surface area contributed by atoms with Crippen LogP contribution in [-0.2, 0) is 16.2 Å². The summed E-state index contributed by atoms with van der Waals surface area (Å²) in [6, 6.07) is 21.9. The van der Waals surface area contributed by atoms with E-state index in [1.807, 2.05) is 42.5 Å². The lowest BCUT2D eigenvalue weighted by atomic mass is 9.85.